The minimum Gasteiger partial charge on any atom is -0.485 e. The number of allylic oxidation sites excluding steroid dienone is 2. The molecule has 17 aromatic carbocycles. The number of aromatic nitrogens is 13. The molecule has 1 unspecified atom stereocenters. The molecule has 0 spiro atoms. The third-order valence-corrected chi connectivity index (χ3v) is 25.1. The molecule has 9 heterocycles. The van der Waals surface area contributed by atoms with Crippen molar-refractivity contribution >= 4 is 71.0 Å². The minimum absolute atomic E-state index is 0.0607. The van der Waals surface area contributed by atoms with E-state index in [0.29, 0.717) is 29.1 Å². The molecule has 0 saturated heterocycles. The van der Waals surface area contributed by atoms with Gasteiger partial charge < -0.3 is 14.2 Å². The van der Waals surface area contributed by atoms with Crippen molar-refractivity contribution in [3.63, 3.8) is 0 Å². The van der Waals surface area contributed by atoms with E-state index in [2.05, 4.69) is 158 Å². The van der Waals surface area contributed by atoms with E-state index in [9.17, 15) is 0 Å². The van der Waals surface area contributed by atoms with Crippen LogP contribution < -0.4 is 14.2 Å². The fourth-order valence-electron chi connectivity index (χ4n) is 18.6. The summed E-state index contributed by atoms with van der Waals surface area (Å²) in [5.74, 6) is 7.55. The number of para-hydroxylation sites is 2. The minimum atomic E-state index is 0.0607. The molecular formula is C119H73N13O3. The van der Waals surface area contributed by atoms with Crippen LogP contribution in [0.2, 0.25) is 0 Å². The second-order valence-electron chi connectivity index (χ2n) is 33.4. The van der Waals surface area contributed by atoms with Crippen molar-refractivity contribution in [1.82, 2.24) is 64.8 Å². The molecule has 0 radical (unpaired) electrons. The van der Waals surface area contributed by atoms with Gasteiger partial charge in [0.1, 0.15) is 34.9 Å². The van der Waals surface area contributed by atoms with Crippen molar-refractivity contribution in [3.05, 3.63) is 431 Å². The lowest BCUT2D eigenvalue weighted by atomic mass is 9.87. The smallest absolute Gasteiger partial charge is 0.164 e. The molecule has 6 aromatic heterocycles. The maximum Gasteiger partial charge on any atom is 0.164 e. The van der Waals surface area contributed by atoms with E-state index < -0.39 is 0 Å². The van der Waals surface area contributed by atoms with Crippen LogP contribution in [0.4, 0.5) is 0 Å². The summed E-state index contributed by atoms with van der Waals surface area (Å²) in [7, 11) is 0. The summed E-state index contributed by atoms with van der Waals surface area (Å²) in [4.78, 5) is 64.3. The normalized spacial score (nSPS) is 12.8. The van der Waals surface area contributed by atoms with E-state index in [1.54, 1.807) is 0 Å². The van der Waals surface area contributed by atoms with Crippen molar-refractivity contribution in [2.24, 2.45) is 0 Å². The van der Waals surface area contributed by atoms with Crippen molar-refractivity contribution in [3.8, 4) is 187 Å². The first-order valence-corrected chi connectivity index (χ1v) is 44.8. The van der Waals surface area contributed by atoms with Crippen molar-refractivity contribution in [2.45, 2.75) is 12.5 Å². The first kappa shape index (κ1) is 78.8. The first-order valence-electron chi connectivity index (χ1n) is 44.8. The molecule has 27 rings (SSSR count). The zero-order valence-corrected chi connectivity index (χ0v) is 72.2. The summed E-state index contributed by atoms with van der Waals surface area (Å²) in [6, 6.07) is 131. The third-order valence-electron chi connectivity index (χ3n) is 25.1. The second kappa shape index (κ2) is 33.6. The highest BCUT2D eigenvalue weighted by atomic mass is 16.5. The fourth-order valence-corrected chi connectivity index (χ4v) is 18.6. The van der Waals surface area contributed by atoms with Crippen molar-refractivity contribution < 1.29 is 14.2 Å². The van der Waals surface area contributed by atoms with Gasteiger partial charge in [0.25, 0.3) is 0 Å². The van der Waals surface area contributed by atoms with Crippen molar-refractivity contribution in [2.75, 3.05) is 0 Å². The van der Waals surface area contributed by atoms with Gasteiger partial charge in [-0.25, -0.2) is 49.8 Å². The highest BCUT2D eigenvalue weighted by Gasteiger charge is 2.30. The SMILES string of the molecule is C1=CCC2Oc3ccc(-c4cnc5cc(-c6nc(-c7ccccc7)nc(-c7ccccc7)n6)ccc5n4)c4cccc(c34)C2=C1.c1ccc(-c2cc(-c3ccc4nc(-c5ccc6c7c(cccc57)-c5ccccc5O6)cnc4c3)nc(-c3ccccc3)n2)cc1.c1ccc(-c2cc(-c3ccccc3)nc(-c3ccc4nc(-c5ccc6c7c(cccc57)-c5ccccc5O6)cnc4c3)n2)cc1. The molecule has 16 heteroatoms. The summed E-state index contributed by atoms with van der Waals surface area (Å²) in [5.41, 5.74) is 29.4. The van der Waals surface area contributed by atoms with Crippen LogP contribution in [0.3, 0.4) is 0 Å². The van der Waals surface area contributed by atoms with Gasteiger partial charge in [-0.3, -0.25) is 15.0 Å². The molecular weight excluding hydrogens is 1660 g/mol. The largest absolute Gasteiger partial charge is 0.485 e. The standard InChI is InChI=1S/2C40H24N4O.C39H25N5O/c1-3-10-25(11-4-1)33-23-34(44-40(43-33)26-12-5-2-6-13-26)27-18-20-32-35(22-27)41-24-36(42-32)28-19-21-38-39-30(28)15-9-16-31(39)29-14-7-8-17-37(29)45-38;1-3-10-25(11-4-1)33-23-34(26-12-5-2-6-13-26)44-40(43-33)27-18-20-32-35(22-27)41-24-36(42-32)28-19-21-38-39-30(28)15-9-16-31(39)29-14-7-8-17-37(29)45-38;1-3-10-24(11-4-1)37-42-38(25-12-5-2-6-13-25)44-39(43-37)26-18-20-31-32(22-26)40-23-33(41-31)27-19-21-35-36-29(27)15-9-16-30(36)28-14-7-8-17-34(28)45-35/h2*1-24H;1-16,18-23,34H,17H2. The molecule has 0 bridgehead atoms. The number of hydrogen-bond acceptors (Lipinski definition) is 16. The molecule has 1 aliphatic carbocycles. The molecule has 1 atom stereocenters. The molecule has 0 saturated carbocycles. The van der Waals surface area contributed by atoms with E-state index in [0.717, 1.165) is 224 Å². The Hall–Kier alpha value is -18.4. The molecule has 0 fully saturated rings. The lowest BCUT2D eigenvalue weighted by molar-refractivity contribution is 0.260. The lowest BCUT2D eigenvalue weighted by Gasteiger charge is -2.30. The van der Waals surface area contributed by atoms with Gasteiger partial charge in [-0.2, -0.15) is 0 Å². The zero-order chi connectivity index (χ0) is 89.2. The summed E-state index contributed by atoms with van der Waals surface area (Å²) in [5, 5.41) is 6.60. The maximum atomic E-state index is 6.43. The van der Waals surface area contributed by atoms with Crippen LogP contribution in [0.5, 0.6) is 28.7 Å². The Morgan fingerprint density at radius 1 is 0.207 bits per heavy atom. The number of hydrogen-bond donors (Lipinski definition) is 0. The zero-order valence-electron chi connectivity index (χ0n) is 72.2. The van der Waals surface area contributed by atoms with Gasteiger partial charge in [0.2, 0.25) is 0 Å². The number of fused-ring (bicyclic) bond motifs is 9. The molecule has 0 N–H and O–H groups in total. The van der Waals surface area contributed by atoms with Gasteiger partial charge in [-0.05, 0) is 142 Å². The van der Waals surface area contributed by atoms with Gasteiger partial charge in [-0.15, -0.1) is 0 Å². The first-order chi connectivity index (χ1) is 66.8. The Morgan fingerprint density at radius 2 is 0.533 bits per heavy atom. The summed E-state index contributed by atoms with van der Waals surface area (Å²) in [6.07, 6.45) is 13.0. The molecule has 4 aliphatic rings. The van der Waals surface area contributed by atoms with E-state index in [4.69, 9.17) is 79.0 Å². The molecule has 23 aromatic rings. The summed E-state index contributed by atoms with van der Waals surface area (Å²) >= 11 is 0. The van der Waals surface area contributed by atoms with Crippen molar-refractivity contribution in [1.29, 1.82) is 0 Å². The topological polar surface area (TPSA) is 195 Å². The highest BCUT2D eigenvalue weighted by molar-refractivity contribution is 6.12. The molecule has 632 valence electrons. The number of rotatable bonds is 12. The van der Waals surface area contributed by atoms with Crippen LogP contribution in [0.15, 0.2) is 425 Å². The van der Waals surface area contributed by atoms with Gasteiger partial charge in [0.15, 0.2) is 29.1 Å². The highest BCUT2D eigenvalue weighted by Crippen LogP contribution is 2.52. The van der Waals surface area contributed by atoms with Gasteiger partial charge in [-0.1, -0.05) is 297 Å². The van der Waals surface area contributed by atoms with Crippen LogP contribution >= 0.6 is 0 Å². The van der Waals surface area contributed by atoms with E-state index in [-0.39, 0.29) is 6.10 Å². The Kier molecular flexibility index (Phi) is 19.6. The van der Waals surface area contributed by atoms with E-state index in [1.807, 2.05) is 267 Å². The molecule has 16 nitrogen and oxygen atoms in total. The molecule has 135 heavy (non-hydrogen) atoms. The second-order valence-corrected chi connectivity index (χ2v) is 33.4. The summed E-state index contributed by atoms with van der Waals surface area (Å²) in [6.45, 7) is 0. The predicted octanol–water partition coefficient (Wildman–Crippen LogP) is 28.8. The Balaban J connectivity index is 0.000000108. The fraction of sp³-hybridized carbons (Fsp3) is 0.0168. The average molecular weight is 1730 g/mol. The molecule has 3 aliphatic heterocycles. The lowest BCUT2D eigenvalue weighted by Crippen LogP contribution is -2.23. The van der Waals surface area contributed by atoms with Crippen LogP contribution in [0.1, 0.15) is 12.0 Å². The molecule has 0 amide bonds. The van der Waals surface area contributed by atoms with Gasteiger partial charge in [0, 0.05) is 106 Å². The van der Waals surface area contributed by atoms with E-state index in [1.165, 1.54) is 16.7 Å². The average Bonchev–Trinajstić information content (AvgIpc) is 0.744. The van der Waals surface area contributed by atoms with E-state index >= 15 is 0 Å². The Bertz CT molecular complexity index is 8240. The number of benzene rings is 17. The Morgan fingerprint density at radius 3 is 0.956 bits per heavy atom. The van der Waals surface area contributed by atoms with Crippen LogP contribution in [0.25, 0.3) is 229 Å². The predicted molar refractivity (Wildman–Crippen MR) is 538 cm³/mol. The van der Waals surface area contributed by atoms with Gasteiger partial charge >= 0.3 is 0 Å². The van der Waals surface area contributed by atoms with Crippen LogP contribution in [0, 0.1) is 0 Å². The van der Waals surface area contributed by atoms with Crippen LogP contribution in [-0.2, 0) is 0 Å². The third kappa shape index (κ3) is 14.8. The Labute approximate surface area is 774 Å². The van der Waals surface area contributed by atoms with Gasteiger partial charge in [0.05, 0.1) is 91.5 Å². The maximum absolute atomic E-state index is 6.43. The summed E-state index contributed by atoms with van der Waals surface area (Å²) < 4.78 is 19.0. The monoisotopic (exact) mass is 1730 g/mol. The van der Waals surface area contributed by atoms with Crippen LogP contribution in [-0.4, -0.2) is 70.9 Å². The quantitative estimate of drug-likeness (QED) is 0.112. The number of ether oxygens (including phenoxy) is 3. The number of nitrogens with zero attached hydrogens (tertiary/aromatic N) is 13.